The molecule has 8 heteroatoms. The van der Waals surface area contributed by atoms with Crippen LogP contribution in [0.4, 0.5) is 5.82 Å². The van der Waals surface area contributed by atoms with E-state index in [1.807, 2.05) is 72.8 Å². The first-order valence-corrected chi connectivity index (χ1v) is 14.7. The molecule has 0 saturated carbocycles. The molecule has 0 spiro atoms. The molecular formula is C35H36N4O4. The normalized spacial score (nSPS) is 14.2. The molecule has 1 aliphatic heterocycles. The maximum Gasteiger partial charge on any atom is 0.297 e. The van der Waals surface area contributed by atoms with E-state index < -0.39 is 11.7 Å². The first-order chi connectivity index (χ1) is 20.8. The van der Waals surface area contributed by atoms with Gasteiger partial charge in [0, 0.05) is 47.5 Å². The summed E-state index contributed by atoms with van der Waals surface area (Å²) in [6.45, 7) is 10.8. The SMILES string of the molecule is CC(C)(C)c1cc(NC(=O)C(=O)c2ccc(OCCN3CCOCC3)c3ccccc23)n(-c2cccc3ccccc23)n1. The number of nitrogens with one attached hydrogen (secondary N) is 1. The zero-order chi connectivity index (χ0) is 30.0. The number of anilines is 1. The number of morpholine rings is 1. The van der Waals surface area contributed by atoms with Crippen LogP contribution in [0.25, 0.3) is 27.2 Å². The highest BCUT2D eigenvalue weighted by atomic mass is 16.5. The average molecular weight is 577 g/mol. The molecule has 5 aromatic rings. The predicted molar refractivity (Wildman–Crippen MR) is 169 cm³/mol. The topological polar surface area (TPSA) is 85.7 Å². The monoisotopic (exact) mass is 576 g/mol. The molecule has 0 aliphatic carbocycles. The summed E-state index contributed by atoms with van der Waals surface area (Å²) in [4.78, 5) is 29.5. The Morgan fingerprint density at radius 2 is 1.58 bits per heavy atom. The van der Waals surface area contributed by atoms with Gasteiger partial charge in [0.05, 0.1) is 24.6 Å². The van der Waals surface area contributed by atoms with Crippen molar-refractivity contribution >= 4 is 39.1 Å². The predicted octanol–water partition coefficient (Wildman–Crippen LogP) is 6.01. The van der Waals surface area contributed by atoms with Crippen LogP contribution in [0, 0.1) is 0 Å². The van der Waals surface area contributed by atoms with Crippen molar-refractivity contribution in [3.8, 4) is 11.4 Å². The molecule has 0 bridgehead atoms. The molecule has 1 fully saturated rings. The van der Waals surface area contributed by atoms with Crippen LogP contribution in [0.2, 0.25) is 0 Å². The maximum absolute atomic E-state index is 13.7. The fourth-order valence-electron chi connectivity index (χ4n) is 5.41. The number of hydrogen-bond donors (Lipinski definition) is 1. The second-order valence-corrected chi connectivity index (χ2v) is 11.8. The third-order valence-electron chi connectivity index (χ3n) is 7.82. The lowest BCUT2D eigenvalue weighted by molar-refractivity contribution is -0.112. The molecule has 4 aromatic carbocycles. The zero-order valence-electron chi connectivity index (χ0n) is 24.8. The lowest BCUT2D eigenvalue weighted by Gasteiger charge is -2.26. The number of nitrogens with zero attached hydrogens (tertiary/aromatic N) is 3. The molecule has 0 atom stereocenters. The number of amides is 1. The van der Waals surface area contributed by atoms with Crippen LogP contribution < -0.4 is 10.1 Å². The Morgan fingerprint density at radius 3 is 2.35 bits per heavy atom. The lowest BCUT2D eigenvalue weighted by atomic mass is 9.92. The zero-order valence-corrected chi connectivity index (χ0v) is 24.8. The van der Waals surface area contributed by atoms with Crippen molar-refractivity contribution in [2.45, 2.75) is 26.2 Å². The van der Waals surface area contributed by atoms with Crippen LogP contribution in [-0.4, -0.2) is 65.8 Å². The molecule has 1 amide bonds. The van der Waals surface area contributed by atoms with Gasteiger partial charge in [0.1, 0.15) is 18.2 Å². The van der Waals surface area contributed by atoms with Crippen molar-refractivity contribution in [2.75, 3.05) is 44.8 Å². The number of benzene rings is 4. The Morgan fingerprint density at radius 1 is 0.884 bits per heavy atom. The fourth-order valence-corrected chi connectivity index (χ4v) is 5.41. The minimum atomic E-state index is -0.729. The number of Topliss-reactive ketones (excluding diaryl/α,β-unsaturated/α-hetero) is 1. The van der Waals surface area contributed by atoms with Gasteiger partial charge < -0.3 is 14.8 Å². The summed E-state index contributed by atoms with van der Waals surface area (Å²) < 4.78 is 13.3. The van der Waals surface area contributed by atoms with E-state index in [-0.39, 0.29) is 5.41 Å². The summed E-state index contributed by atoms with van der Waals surface area (Å²) in [6.07, 6.45) is 0. The summed E-state index contributed by atoms with van der Waals surface area (Å²) in [5.74, 6) is -0.233. The van der Waals surface area contributed by atoms with Crippen LogP contribution >= 0.6 is 0 Å². The van der Waals surface area contributed by atoms with Crippen molar-refractivity contribution in [2.24, 2.45) is 0 Å². The highest BCUT2D eigenvalue weighted by Crippen LogP contribution is 2.31. The molecule has 2 heterocycles. The van der Waals surface area contributed by atoms with E-state index in [2.05, 4.69) is 31.0 Å². The van der Waals surface area contributed by atoms with E-state index in [1.165, 1.54) is 0 Å². The van der Waals surface area contributed by atoms with Gasteiger partial charge in [-0.2, -0.15) is 5.10 Å². The quantitative estimate of drug-likeness (QED) is 0.180. The number of aromatic nitrogens is 2. The van der Waals surface area contributed by atoms with Gasteiger partial charge in [-0.1, -0.05) is 81.4 Å². The number of carbonyl (C=O) groups excluding carboxylic acids is 2. The van der Waals surface area contributed by atoms with E-state index in [9.17, 15) is 9.59 Å². The van der Waals surface area contributed by atoms with Gasteiger partial charge in [0.15, 0.2) is 0 Å². The van der Waals surface area contributed by atoms with E-state index in [0.29, 0.717) is 29.1 Å². The van der Waals surface area contributed by atoms with Crippen LogP contribution in [0.15, 0.2) is 84.9 Å². The van der Waals surface area contributed by atoms with Crippen molar-refractivity contribution in [1.29, 1.82) is 0 Å². The van der Waals surface area contributed by atoms with Crippen LogP contribution in [-0.2, 0) is 14.9 Å². The average Bonchev–Trinajstić information content (AvgIpc) is 3.45. The lowest BCUT2D eigenvalue weighted by Crippen LogP contribution is -2.38. The Labute approximate surface area is 251 Å². The third kappa shape index (κ3) is 6.02. The first-order valence-electron chi connectivity index (χ1n) is 14.7. The number of rotatable bonds is 8. The summed E-state index contributed by atoms with van der Waals surface area (Å²) >= 11 is 0. The molecule has 220 valence electrons. The third-order valence-corrected chi connectivity index (χ3v) is 7.82. The summed E-state index contributed by atoms with van der Waals surface area (Å²) in [7, 11) is 0. The van der Waals surface area contributed by atoms with E-state index in [0.717, 1.165) is 60.4 Å². The minimum absolute atomic E-state index is 0.271. The van der Waals surface area contributed by atoms with Crippen molar-refractivity contribution in [3.05, 3.63) is 96.2 Å². The van der Waals surface area contributed by atoms with Crippen LogP contribution in [0.5, 0.6) is 5.75 Å². The van der Waals surface area contributed by atoms with Crippen molar-refractivity contribution < 1.29 is 19.1 Å². The minimum Gasteiger partial charge on any atom is -0.492 e. The van der Waals surface area contributed by atoms with Gasteiger partial charge in [-0.3, -0.25) is 14.5 Å². The maximum atomic E-state index is 13.7. The number of ketones is 1. The largest absolute Gasteiger partial charge is 0.492 e. The Hall–Kier alpha value is -4.53. The summed E-state index contributed by atoms with van der Waals surface area (Å²) in [5.41, 5.74) is 1.67. The van der Waals surface area contributed by atoms with Crippen molar-refractivity contribution in [1.82, 2.24) is 14.7 Å². The van der Waals surface area contributed by atoms with Gasteiger partial charge in [-0.25, -0.2) is 4.68 Å². The molecule has 43 heavy (non-hydrogen) atoms. The van der Waals surface area contributed by atoms with Gasteiger partial charge in [0.25, 0.3) is 11.7 Å². The molecule has 8 nitrogen and oxygen atoms in total. The van der Waals surface area contributed by atoms with Gasteiger partial charge >= 0.3 is 0 Å². The van der Waals surface area contributed by atoms with Gasteiger partial charge in [-0.05, 0) is 29.0 Å². The van der Waals surface area contributed by atoms with Crippen molar-refractivity contribution in [3.63, 3.8) is 0 Å². The molecule has 1 saturated heterocycles. The molecular weight excluding hydrogens is 540 g/mol. The second kappa shape index (κ2) is 12.0. The van der Waals surface area contributed by atoms with E-state index in [4.69, 9.17) is 14.6 Å². The molecule has 1 aliphatic rings. The highest BCUT2D eigenvalue weighted by Gasteiger charge is 2.25. The molecule has 0 unspecified atom stereocenters. The Kier molecular flexibility index (Phi) is 7.97. The highest BCUT2D eigenvalue weighted by molar-refractivity contribution is 6.48. The number of ether oxygens (including phenoxy) is 2. The smallest absolute Gasteiger partial charge is 0.297 e. The van der Waals surface area contributed by atoms with Crippen LogP contribution in [0.1, 0.15) is 36.8 Å². The standard InChI is InChI=1S/C35H36N4O4/c1-35(2,3)31-23-32(39(37-31)29-14-8-10-24-9-4-5-11-25(24)29)36-34(41)33(40)28-15-16-30(27-13-7-6-12-26(27)28)43-22-19-38-17-20-42-21-18-38/h4-16,23H,17-22H2,1-3H3,(H,36,41). The van der Waals surface area contributed by atoms with Gasteiger partial charge in [0.2, 0.25) is 0 Å². The van der Waals surface area contributed by atoms with E-state index in [1.54, 1.807) is 16.8 Å². The first kappa shape index (κ1) is 28.6. The Balaban J connectivity index is 1.28. The molecule has 0 radical (unpaired) electrons. The number of carbonyl (C=O) groups is 2. The number of hydrogen-bond acceptors (Lipinski definition) is 6. The second-order valence-electron chi connectivity index (χ2n) is 11.8. The molecule has 1 aromatic heterocycles. The van der Waals surface area contributed by atoms with E-state index >= 15 is 0 Å². The fraction of sp³-hybridized carbons (Fsp3) is 0.286. The summed E-state index contributed by atoms with van der Waals surface area (Å²) in [5, 5.41) is 11.3. The number of fused-ring (bicyclic) bond motifs is 2. The summed E-state index contributed by atoms with van der Waals surface area (Å²) in [6, 6.07) is 26.8. The molecule has 1 N–H and O–H groups in total. The Bertz CT molecular complexity index is 1790. The van der Waals surface area contributed by atoms with Gasteiger partial charge in [-0.15, -0.1) is 0 Å². The van der Waals surface area contributed by atoms with Crippen LogP contribution in [0.3, 0.4) is 0 Å². The molecule has 6 rings (SSSR count).